The van der Waals surface area contributed by atoms with Crippen LogP contribution in [-0.2, 0) is 20.9 Å². The van der Waals surface area contributed by atoms with E-state index in [0.29, 0.717) is 57.6 Å². The summed E-state index contributed by atoms with van der Waals surface area (Å²) in [5, 5.41) is 12.8. The summed E-state index contributed by atoms with van der Waals surface area (Å²) in [5.41, 5.74) is 2.59. The molecular weight excluding hydrogens is 551 g/mol. The quantitative estimate of drug-likeness (QED) is 0.161. The van der Waals surface area contributed by atoms with Crippen LogP contribution in [0.25, 0.3) is 10.9 Å². The van der Waals surface area contributed by atoms with Crippen molar-refractivity contribution >= 4 is 51.5 Å². The minimum Gasteiger partial charge on any atom is -0.487 e. The zero-order valence-electron chi connectivity index (χ0n) is 22.4. The molecule has 2 amide bonds. The number of carbonyl (C=O) groups is 2. The normalized spacial score (nSPS) is 10.8. The van der Waals surface area contributed by atoms with Crippen molar-refractivity contribution in [3.05, 3.63) is 83.4 Å². The van der Waals surface area contributed by atoms with Crippen molar-refractivity contribution < 1.29 is 23.5 Å². The van der Waals surface area contributed by atoms with E-state index in [1.165, 1.54) is 18.5 Å². The minimum atomic E-state index is -0.331. The number of halogens is 2. The number of benzene rings is 3. The molecule has 4 aromatic rings. The summed E-state index contributed by atoms with van der Waals surface area (Å²) in [6.07, 6.45) is 1.55. The maximum atomic E-state index is 13.4. The average molecular weight is 581 g/mol. The van der Waals surface area contributed by atoms with Gasteiger partial charge < -0.3 is 30.7 Å². The van der Waals surface area contributed by atoms with Crippen LogP contribution in [-0.4, -0.2) is 55.1 Å². The van der Waals surface area contributed by atoms with Gasteiger partial charge >= 0.3 is 0 Å². The minimum absolute atomic E-state index is 0.115. The number of nitrogens with one attached hydrogen (secondary N) is 4. The molecule has 10 nitrogen and oxygen atoms in total. The fourth-order valence-corrected chi connectivity index (χ4v) is 4.07. The van der Waals surface area contributed by atoms with E-state index in [1.807, 2.05) is 0 Å². The maximum Gasteiger partial charge on any atom is 0.233 e. The highest BCUT2D eigenvalue weighted by molar-refractivity contribution is 6.32. The first-order valence-electron chi connectivity index (χ1n) is 12.9. The third-order valence-corrected chi connectivity index (χ3v) is 6.14. The number of hydrogen-bond acceptors (Lipinski definition) is 8. The first-order valence-corrected chi connectivity index (χ1v) is 13.2. The van der Waals surface area contributed by atoms with Crippen LogP contribution in [0.3, 0.4) is 0 Å². The van der Waals surface area contributed by atoms with Gasteiger partial charge in [-0.15, -0.1) is 0 Å². The summed E-state index contributed by atoms with van der Waals surface area (Å²) >= 11 is 6.44. The van der Waals surface area contributed by atoms with Crippen LogP contribution < -0.4 is 26.0 Å². The Balaban J connectivity index is 1.34. The summed E-state index contributed by atoms with van der Waals surface area (Å²) in [4.78, 5) is 32.9. The number of aromatic nitrogens is 2. The van der Waals surface area contributed by atoms with Crippen LogP contribution in [0.2, 0.25) is 5.02 Å². The van der Waals surface area contributed by atoms with Gasteiger partial charge in [-0.2, -0.15) is 0 Å². The molecule has 0 saturated heterocycles. The fraction of sp³-hybridized carbons (Fsp3) is 0.241. The molecule has 0 aliphatic carbocycles. The van der Waals surface area contributed by atoms with Gasteiger partial charge in [-0.3, -0.25) is 9.59 Å². The van der Waals surface area contributed by atoms with E-state index in [4.69, 9.17) is 21.1 Å². The molecule has 0 saturated carbocycles. The van der Waals surface area contributed by atoms with Gasteiger partial charge in [-0.1, -0.05) is 23.7 Å². The molecule has 4 N–H and O–H groups in total. The molecule has 12 heteroatoms. The van der Waals surface area contributed by atoms with E-state index in [0.717, 1.165) is 0 Å². The number of anilines is 3. The van der Waals surface area contributed by atoms with Crippen molar-refractivity contribution in [3.63, 3.8) is 0 Å². The van der Waals surface area contributed by atoms with Gasteiger partial charge in [0.15, 0.2) is 0 Å². The van der Waals surface area contributed by atoms with E-state index in [1.54, 1.807) is 55.6 Å². The van der Waals surface area contributed by atoms with E-state index < -0.39 is 0 Å². The van der Waals surface area contributed by atoms with Gasteiger partial charge in [0, 0.05) is 43.4 Å². The molecule has 0 unspecified atom stereocenters. The van der Waals surface area contributed by atoms with Gasteiger partial charge in [-0.25, -0.2) is 14.4 Å². The van der Waals surface area contributed by atoms with Gasteiger partial charge in [0.25, 0.3) is 0 Å². The van der Waals surface area contributed by atoms with E-state index in [-0.39, 0.29) is 43.7 Å². The summed E-state index contributed by atoms with van der Waals surface area (Å²) in [7, 11) is 1.59. The Bertz CT molecular complexity index is 1510. The number of carbonyl (C=O) groups excluding carboxylic acids is 2. The van der Waals surface area contributed by atoms with Crippen molar-refractivity contribution in [1.29, 1.82) is 0 Å². The molecule has 4 rings (SSSR count). The Labute approximate surface area is 241 Å². The van der Waals surface area contributed by atoms with Crippen LogP contribution in [0, 0.1) is 5.82 Å². The largest absolute Gasteiger partial charge is 0.487 e. The lowest BCUT2D eigenvalue weighted by molar-refractivity contribution is -0.120. The van der Waals surface area contributed by atoms with Crippen molar-refractivity contribution in [2.45, 2.75) is 13.0 Å². The van der Waals surface area contributed by atoms with Crippen LogP contribution in [0.4, 0.5) is 21.6 Å². The molecule has 1 aromatic heterocycles. The fourth-order valence-electron chi connectivity index (χ4n) is 3.83. The highest BCUT2D eigenvalue weighted by Crippen LogP contribution is 2.31. The number of rotatable bonds is 14. The number of hydrogen-bond donors (Lipinski definition) is 4. The molecule has 41 heavy (non-hydrogen) atoms. The smallest absolute Gasteiger partial charge is 0.233 e. The number of ether oxygens (including phenoxy) is 2. The van der Waals surface area contributed by atoms with Crippen molar-refractivity contribution in [1.82, 2.24) is 20.6 Å². The molecule has 1 heterocycles. The van der Waals surface area contributed by atoms with Crippen LogP contribution >= 0.6 is 11.6 Å². The molecule has 0 atom stereocenters. The third kappa shape index (κ3) is 9.10. The summed E-state index contributed by atoms with van der Waals surface area (Å²) in [6, 6.07) is 16.7. The van der Waals surface area contributed by atoms with Crippen LogP contribution in [0.15, 0.2) is 67.0 Å². The zero-order valence-corrected chi connectivity index (χ0v) is 23.1. The number of nitrogens with zero attached hydrogens (tertiary/aromatic N) is 2. The molecule has 0 aliphatic rings. The number of methoxy groups -OCH3 is 1. The SMILES string of the molecule is COCCNCC(=O)NCCC(=O)Nc1ccc2ncnc(Nc3ccc(OCc4cccc(F)c4)c(Cl)c3)c2c1. The van der Waals surface area contributed by atoms with Crippen LogP contribution in [0.1, 0.15) is 12.0 Å². The van der Waals surface area contributed by atoms with E-state index in [9.17, 15) is 14.0 Å². The van der Waals surface area contributed by atoms with Gasteiger partial charge in [0.2, 0.25) is 11.8 Å². The maximum absolute atomic E-state index is 13.4. The van der Waals surface area contributed by atoms with Crippen LogP contribution in [0.5, 0.6) is 5.75 Å². The molecule has 0 bridgehead atoms. The first-order chi connectivity index (χ1) is 19.9. The predicted molar refractivity (Wildman–Crippen MR) is 156 cm³/mol. The summed E-state index contributed by atoms with van der Waals surface area (Å²) in [5.74, 6) is 0.201. The van der Waals surface area contributed by atoms with Crippen molar-refractivity contribution in [3.8, 4) is 5.75 Å². The molecule has 0 fully saturated rings. The topological polar surface area (TPSA) is 127 Å². The second-order valence-electron chi connectivity index (χ2n) is 8.96. The Hall–Kier alpha value is -4.32. The lowest BCUT2D eigenvalue weighted by atomic mass is 10.2. The Morgan fingerprint density at radius 2 is 1.83 bits per heavy atom. The molecule has 3 aromatic carbocycles. The lowest BCUT2D eigenvalue weighted by Crippen LogP contribution is -2.36. The molecule has 0 radical (unpaired) electrons. The molecule has 0 aliphatic heterocycles. The standard InChI is InChI=1S/C29H30ClFN6O4/c1-40-12-11-32-16-28(39)33-10-9-27(38)36-21-5-7-25-23(14-21)29(35-18-34-25)37-22-6-8-26(24(30)15-22)41-17-19-3-2-4-20(31)13-19/h2-8,13-15,18,32H,9-12,16-17H2,1H3,(H,33,39)(H,36,38)(H,34,35,37). The Kier molecular flexibility index (Phi) is 10.8. The molecule has 0 spiro atoms. The van der Waals surface area contributed by atoms with Crippen molar-refractivity contribution in [2.75, 3.05) is 44.0 Å². The second-order valence-corrected chi connectivity index (χ2v) is 9.37. The third-order valence-electron chi connectivity index (χ3n) is 5.84. The van der Waals surface area contributed by atoms with Gasteiger partial charge in [-0.05, 0) is 54.1 Å². The summed E-state index contributed by atoms with van der Waals surface area (Å²) in [6.45, 7) is 1.62. The van der Waals surface area contributed by atoms with Crippen molar-refractivity contribution in [2.24, 2.45) is 0 Å². The molecular formula is C29H30ClFN6O4. The first kappa shape index (κ1) is 29.7. The Morgan fingerprint density at radius 3 is 2.63 bits per heavy atom. The van der Waals surface area contributed by atoms with Gasteiger partial charge in [0.05, 0.1) is 23.7 Å². The average Bonchev–Trinajstić information content (AvgIpc) is 2.95. The second kappa shape index (κ2) is 14.9. The highest BCUT2D eigenvalue weighted by atomic mass is 35.5. The van der Waals surface area contributed by atoms with E-state index >= 15 is 0 Å². The lowest BCUT2D eigenvalue weighted by Gasteiger charge is -2.13. The molecule has 214 valence electrons. The van der Waals surface area contributed by atoms with Gasteiger partial charge in [0.1, 0.15) is 30.3 Å². The summed E-state index contributed by atoms with van der Waals surface area (Å²) < 4.78 is 24.1. The van der Waals surface area contributed by atoms with E-state index in [2.05, 4.69) is 31.2 Å². The predicted octanol–water partition coefficient (Wildman–Crippen LogP) is 4.43. The monoisotopic (exact) mass is 580 g/mol. The number of fused-ring (bicyclic) bond motifs is 1. The Morgan fingerprint density at radius 1 is 0.976 bits per heavy atom. The highest BCUT2D eigenvalue weighted by Gasteiger charge is 2.10. The zero-order chi connectivity index (χ0) is 29.0. The number of amides is 2.